The van der Waals surface area contributed by atoms with Crippen LogP contribution < -0.4 is 20.5 Å². The number of aromatic nitrogens is 3. The molecule has 3 rings (SSSR count). The second kappa shape index (κ2) is 7.77. The van der Waals surface area contributed by atoms with Gasteiger partial charge in [0.15, 0.2) is 23.0 Å². The van der Waals surface area contributed by atoms with Crippen molar-refractivity contribution in [1.82, 2.24) is 20.3 Å². The number of carbonyl (C=O) groups excluding carboxylic acids is 1. The van der Waals surface area contributed by atoms with E-state index in [0.717, 1.165) is 5.56 Å². The van der Waals surface area contributed by atoms with Crippen LogP contribution in [0.15, 0.2) is 48.5 Å². The molecule has 27 heavy (non-hydrogen) atoms. The first-order chi connectivity index (χ1) is 13.0. The zero-order chi connectivity index (χ0) is 19.4. The van der Waals surface area contributed by atoms with E-state index in [0.29, 0.717) is 17.2 Å². The molecule has 0 spiro atoms. The van der Waals surface area contributed by atoms with E-state index >= 15 is 0 Å². The van der Waals surface area contributed by atoms with Crippen LogP contribution in [-0.4, -0.2) is 35.1 Å². The molecule has 1 amide bonds. The molecular weight excluding hydrogens is 346 g/mol. The van der Waals surface area contributed by atoms with Gasteiger partial charge in [0.05, 0.1) is 25.9 Å². The van der Waals surface area contributed by atoms with Crippen molar-refractivity contribution in [3.05, 3.63) is 59.8 Å². The molecule has 140 valence electrons. The number of rotatable bonds is 6. The molecule has 0 radical (unpaired) electrons. The van der Waals surface area contributed by atoms with Crippen molar-refractivity contribution >= 4 is 11.7 Å². The predicted octanol–water partition coefficient (Wildman–Crippen LogP) is 2.36. The first kappa shape index (κ1) is 18.2. The third-order valence-electron chi connectivity index (χ3n) is 4.18. The Morgan fingerprint density at radius 1 is 1.11 bits per heavy atom. The summed E-state index contributed by atoms with van der Waals surface area (Å²) in [7, 11) is 3.09. The molecule has 0 fully saturated rings. The lowest BCUT2D eigenvalue weighted by Crippen LogP contribution is -2.27. The molecule has 8 heteroatoms. The van der Waals surface area contributed by atoms with Crippen LogP contribution in [0.3, 0.4) is 0 Å². The summed E-state index contributed by atoms with van der Waals surface area (Å²) in [6, 6.07) is 14.6. The van der Waals surface area contributed by atoms with Crippen molar-refractivity contribution in [3.8, 4) is 17.2 Å². The average molecular weight is 367 g/mol. The van der Waals surface area contributed by atoms with Gasteiger partial charge in [0.2, 0.25) is 0 Å². The number of nitrogens with two attached hydrogens (primary N) is 1. The van der Waals surface area contributed by atoms with E-state index in [9.17, 15) is 4.79 Å². The van der Waals surface area contributed by atoms with Crippen LogP contribution in [0.4, 0.5) is 5.82 Å². The summed E-state index contributed by atoms with van der Waals surface area (Å²) >= 11 is 0. The normalized spacial score (nSPS) is 11.7. The number of methoxy groups -OCH3 is 2. The smallest absolute Gasteiger partial charge is 0.276 e. The topological polar surface area (TPSA) is 104 Å². The van der Waals surface area contributed by atoms with Crippen LogP contribution in [0, 0.1) is 0 Å². The Labute approximate surface area is 156 Å². The van der Waals surface area contributed by atoms with Gasteiger partial charge in [-0.2, -0.15) is 4.68 Å². The maximum atomic E-state index is 12.6. The Hall–Kier alpha value is -3.55. The van der Waals surface area contributed by atoms with Crippen LogP contribution in [0.5, 0.6) is 11.5 Å². The predicted molar refractivity (Wildman–Crippen MR) is 101 cm³/mol. The summed E-state index contributed by atoms with van der Waals surface area (Å²) in [4.78, 5) is 12.6. The summed E-state index contributed by atoms with van der Waals surface area (Å²) in [5, 5.41) is 10.8. The van der Waals surface area contributed by atoms with Gasteiger partial charge in [0, 0.05) is 6.07 Å². The second-order valence-electron chi connectivity index (χ2n) is 5.88. The fourth-order valence-corrected chi connectivity index (χ4v) is 2.69. The number of ether oxygens (including phenoxy) is 2. The maximum Gasteiger partial charge on any atom is 0.276 e. The van der Waals surface area contributed by atoms with Gasteiger partial charge in [-0.15, -0.1) is 5.10 Å². The molecule has 0 aliphatic heterocycles. The van der Waals surface area contributed by atoms with Crippen LogP contribution in [-0.2, 0) is 0 Å². The van der Waals surface area contributed by atoms with E-state index < -0.39 is 5.91 Å². The first-order valence-corrected chi connectivity index (χ1v) is 8.34. The highest BCUT2D eigenvalue weighted by Gasteiger charge is 2.21. The molecule has 2 aromatic carbocycles. The molecule has 0 aliphatic carbocycles. The highest BCUT2D eigenvalue weighted by Crippen LogP contribution is 2.30. The van der Waals surface area contributed by atoms with Gasteiger partial charge in [-0.05, 0) is 24.6 Å². The molecule has 1 aromatic heterocycles. The number of anilines is 1. The Bertz CT molecular complexity index is 940. The van der Waals surface area contributed by atoms with Crippen molar-refractivity contribution in [2.75, 3.05) is 20.0 Å². The van der Waals surface area contributed by atoms with Gasteiger partial charge >= 0.3 is 0 Å². The van der Waals surface area contributed by atoms with Crippen molar-refractivity contribution in [2.45, 2.75) is 13.0 Å². The third-order valence-corrected chi connectivity index (χ3v) is 4.18. The fourth-order valence-electron chi connectivity index (χ4n) is 2.69. The fraction of sp³-hybridized carbons (Fsp3) is 0.211. The molecule has 1 atom stereocenters. The molecule has 3 N–H and O–H groups in total. The summed E-state index contributed by atoms with van der Waals surface area (Å²) in [5.74, 6) is 0.846. The van der Waals surface area contributed by atoms with Crippen LogP contribution in [0.1, 0.15) is 29.0 Å². The minimum Gasteiger partial charge on any atom is -0.493 e. The van der Waals surface area contributed by atoms with Gasteiger partial charge in [-0.1, -0.05) is 35.5 Å². The van der Waals surface area contributed by atoms with Crippen molar-refractivity contribution in [1.29, 1.82) is 0 Å². The number of nitrogen functional groups attached to an aromatic ring is 1. The largest absolute Gasteiger partial charge is 0.493 e. The zero-order valence-electron chi connectivity index (χ0n) is 15.3. The summed E-state index contributed by atoms with van der Waals surface area (Å²) < 4.78 is 11.9. The Kier molecular flexibility index (Phi) is 5.25. The van der Waals surface area contributed by atoms with Crippen LogP contribution >= 0.6 is 0 Å². The van der Waals surface area contributed by atoms with Crippen LogP contribution in [0.25, 0.3) is 5.69 Å². The highest BCUT2D eigenvalue weighted by molar-refractivity contribution is 5.96. The first-order valence-electron chi connectivity index (χ1n) is 8.34. The molecule has 0 aliphatic rings. The molecule has 1 heterocycles. The van der Waals surface area contributed by atoms with Crippen LogP contribution in [0.2, 0.25) is 0 Å². The van der Waals surface area contributed by atoms with Crippen molar-refractivity contribution < 1.29 is 14.3 Å². The summed E-state index contributed by atoms with van der Waals surface area (Å²) in [6.45, 7) is 1.89. The number of benzene rings is 2. The number of amides is 1. The number of nitrogens with one attached hydrogen (secondary N) is 1. The van der Waals surface area contributed by atoms with E-state index in [1.807, 2.05) is 37.3 Å². The van der Waals surface area contributed by atoms with E-state index in [4.69, 9.17) is 15.2 Å². The van der Waals surface area contributed by atoms with E-state index in [1.54, 1.807) is 25.3 Å². The van der Waals surface area contributed by atoms with E-state index in [2.05, 4.69) is 15.6 Å². The number of hydrogen-bond donors (Lipinski definition) is 2. The Morgan fingerprint density at radius 2 is 1.81 bits per heavy atom. The third kappa shape index (κ3) is 3.69. The quantitative estimate of drug-likeness (QED) is 0.693. The lowest BCUT2D eigenvalue weighted by atomic mass is 10.1. The van der Waals surface area contributed by atoms with Gasteiger partial charge in [-0.25, -0.2) is 0 Å². The van der Waals surface area contributed by atoms with Crippen molar-refractivity contribution in [3.63, 3.8) is 0 Å². The standard InChI is InChI=1S/C19H21N5O3/c1-12(13-7-5-4-6-8-13)21-19(25)17-18(20)24(23-22-17)14-9-10-15(26-2)16(11-14)27-3/h4-12H,20H2,1-3H3,(H,21,25)/t12-/m0/s1. The Morgan fingerprint density at radius 3 is 2.48 bits per heavy atom. The highest BCUT2D eigenvalue weighted by atomic mass is 16.5. The number of carbonyl (C=O) groups is 1. The number of nitrogens with zero attached hydrogens (tertiary/aromatic N) is 3. The summed E-state index contributed by atoms with van der Waals surface area (Å²) in [6.07, 6.45) is 0. The van der Waals surface area contributed by atoms with E-state index in [1.165, 1.54) is 11.8 Å². The van der Waals surface area contributed by atoms with Gasteiger partial charge in [0.25, 0.3) is 5.91 Å². The minimum absolute atomic E-state index is 0.0626. The lowest BCUT2D eigenvalue weighted by molar-refractivity contribution is 0.0935. The van der Waals surface area contributed by atoms with Gasteiger partial charge in [0.1, 0.15) is 0 Å². The second-order valence-corrected chi connectivity index (χ2v) is 5.88. The maximum absolute atomic E-state index is 12.6. The Balaban J connectivity index is 1.84. The summed E-state index contributed by atoms with van der Waals surface area (Å²) in [5.41, 5.74) is 7.77. The average Bonchev–Trinajstić information content (AvgIpc) is 3.09. The zero-order valence-corrected chi connectivity index (χ0v) is 15.3. The van der Waals surface area contributed by atoms with Gasteiger partial charge in [-0.3, -0.25) is 4.79 Å². The van der Waals surface area contributed by atoms with E-state index in [-0.39, 0.29) is 17.6 Å². The number of hydrogen-bond acceptors (Lipinski definition) is 6. The minimum atomic E-state index is -0.393. The SMILES string of the molecule is COc1ccc(-n2nnc(C(=O)N[C@@H](C)c3ccccc3)c2N)cc1OC. The molecule has 0 unspecified atom stereocenters. The molecule has 8 nitrogen and oxygen atoms in total. The molecule has 0 saturated carbocycles. The molecule has 0 bridgehead atoms. The van der Waals surface area contributed by atoms with Crippen molar-refractivity contribution in [2.24, 2.45) is 0 Å². The monoisotopic (exact) mass is 367 g/mol. The molecule has 0 saturated heterocycles. The molecular formula is C19H21N5O3. The lowest BCUT2D eigenvalue weighted by Gasteiger charge is -2.13. The molecule has 3 aromatic rings. The van der Waals surface area contributed by atoms with Gasteiger partial charge < -0.3 is 20.5 Å².